The lowest BCUT2D eigenvalue weighted by molar-refractivity contribution is 0.415. The van der Waals surface area contributed by atoms with Crippen molar-refractivity contribution < 1.29 is 4.74 Å². The summed E-state index contributed by atoms with van der Waals surface area (Å²) in [5, 5.41) is 1.21. The topological polar surface area (TPSA) is 51.0 Å². The van der Waals surface area contributed by atoms with Crippen LogP contribution in [0.15, 0.2) is 54.7 Å². The first-order valence-corrected chi connectivity index (χ1v) is 7.21. The van der Waals surface area contributed by atoms with Crippen LogP contribution >= 0.6 is 12.4 Å². The van der Waals surface area contributed by atoms with E-state index < -0.39 is 0 Å². The van der Waals surface area contributed by atoms with Gasteiger partial charge in [-0.25, -0.2) is 0 Å². The first-order valence-electron chi connectivity index (χ1n) is 7.21. The van der Waals surface area contributed by atoms with Crippen molar-refractivity contribution in [2.24, 2.45) is 5.73 Å². The summed E-state index contributed by atoms with van der Waals surface area (Å²) >= 11 is 0. The molecule has 3 aromatic rings. The number of methoxy groups -OCH3 is 1. The average molecular weight is 317 g/mol. The SMILES string of the molecule is COc1ccc2[nH]cc(CC(CN)c3ccccc3)c2c1.Cl. The Kier molecular flexibility index (Phi) is 5.47. The van der Waals surface area contributed by atoms with Gasteiger partial charge in [-0.05, 0) is 42.3 Å². The van der Waals surface area contributed by atoms with E-state index >= 15 is 0 Å². The number of aromatic nitrogens is 1. The highest BCUT2D eigenvalue weighted by molar-refractivity contribution is 5.85. The summed E-state index contributed by atoms with van der Waals surface area (Å²) in [6.45, 7) is 0.640. The highest BCUT2D eigenvalue weighted by Crippen LogP contribution is 2.28. The molecule has 1 aromatic heterocycles. The molecule has 1 unspecified atom stereocenters. The third-order valence-electron chi connectivity index (χ3n) is 4.00. The van der Waals surface area contributed by atoms with Gasteiger partial charge in [-0.15, -0.1) is 12.4 Å². The number of fused-ring (bicyclic) bond motifs is 1. The molecule has 0 radical (unpaired) electrons. The fourth-order valence-corrected chi connectivity index (χ4v) is 2.78. The Morgan fingerprint density at radius 2 is 1.91 bits per heavy atom. The molecule has 3 N–H and O–H groups in total. The van der Waals surface area contributed by atoms with Crippen LogP contribution in [0.5, 0.6) is 5.75 Å². The van der Waals surface area contributed by atoms with Crippen LogP contribution in [0.1, 0.15) is 17.0 Å². The molecule has 2 aromatic carbocycles. The van der Waals surface area contributed by atoms with Gasteiger partial charge in [0.1, 0.15) is 5.75 Å². The normalized spacial score (nSPS) is 11.9. The minimum Gasteiger partial charge on any atom is -0.497 e. The second kappa shape index (κ2) is 7.34. The predicted molar refractivity (Wildman–Crippen MR) is 94.0 cm³/mol. The summed E-state index contributed by atoms with van der Waals surface area (Å²) in [7, 11) is 1.69. The molecule has 3 nitrogen and oxygen atoms in total. The minimum atomic E-state index is 0. The molecular formula is C18H21ClN2O. The third kappa shape index (κ3) is 3.26. The first kappa shape index (κ1) is 16.4. The number of benzene rings is 2. The molecule has 0 aliphatic carbocycles. The standard InChI is InChI=1S/C18H20N2O.ClH/c1-21-16-7-8-18-17(10-16)15(12-20-18)9-14(11-19)13-5-3-2-4-6-13;/h2-8,10,12,14,20H,9,11,19H2,1H3;1H. The van der Waals surface area contributed by atoms with E-state index in [0.29, 0.717) is 12.5 Å². The van der Waals surface area contributed by atoms with Crippen LogP contribution in [0.3, 0.4) is 0 Å². The number of halogens is 1. The lowest BCUT2D eigenvalue weighted by Gasteiger charge is -2.14. The maximum absolute atomic E-state index is 5.99. The third-order valence-corrected chi connectivity index (χ3v) is 4.00. The number of hydrogen-bond donors (Lipinski definition) is 2. The van der Waals surface area contributed by atoms with Crippen molar-refractivity contribution in [1.29, 1.82) is 0 Å². The van der Waals surface area contributed by atoms with E-state index in [1.807, 2.05) is 12.1 Å². The van der Waals surface area contributed by atoms with E-state index in [9.17, 15) is 0 Å². The number of nitrogens with two attached hydrogens (primary N) is 1. The first-order chi connectivity index (χ1) is 10.3. The lowest BCUT2D eigenvalue weighted by atomic mass is 9.92. The number of rotatable bonds is 5. The van der Waals surface area contributed by atoms with Gasteiger partial charge >= 0.3 is 0 Å². The summed E-state index contributed by atoms with van der Waals surface area (Å²) in [6.07, 6.45) is 3.00. The predicted octanol–water partition coefficient (Wildman–Crippen LogP) is 3.88. The van der Waals surface area contributed by atoms with Crippen molar-refractivity contribution in [1.82, 2.24) is 4.98 Å². The molecule has 3 rings (SSSR count). The van der Waals surface area contributed by atoms with Crippen LogP contribution in [0, 0.1) is 0 Å². The van der Waals surface area contributed by atoms with Crippen LogP contribution in [-0.4, -0.2) is 18.6 Å². The van der Waals surface area contributed by atoms with Gasteiger partial charge in [0, 0.05) is 23.0 Å². The average Bonchev–Trinajstić information content (AvgIpc) is 2.95. The molecule has 0 aliphatic heterocycles. The zero-order chi connectivity index (χ0) is 14.7. The molecule has 22 heavy (non-hydrogen) atoms. The number of nitrogens with one attached hydrogen (secondary N) is 1. The lowest BCUT2D eigenvalue weighted by Crippen LogP contribution is -2.14. The number of hydrogen-bond acceptors (Lipinski definition) is 2. The molecule has 0 spiro atoms. The quantitative estimate of drug-likeness (QED) is 0.750. The van der Waals surface area contributed by atoms with E-state index in [-0.39, 0.29) is 12.4 Å². The van der Waals surface area contributed by atoms with Crippen molar-refractivity contribution in [2.75, 3.05) is 13.7 Å². The van der Waals surface area contributed by atoms with E-state index in [1.165, 1.54) is 16.5 Å². The summed E-state index contributed by atoms with van der Waals surface area (Å²) in [6, 6.07) is 16.6. The maximum Gasteiger partial charge on any atom is 0.119 e. The number of H-pyrrole nitrogens is 1. The van der Waals surface area contributed by atoms with Gasteiger partial charge in [-0.2, -0.15) is 0 Å². The molecule has 0 saturated heterocycles. The van der Waals surface area contributed by atoms with Crippen LogP contribution in [0.2, 0.25) is 0 Å². The summed E-state index contributed by atoms with van der Waals surface area (Å²) in [4.78, 5) is 3.32. The van der Waals surface area contributed by atoms with Crippen molar-refractivity contribution >= 4 is 23.3 Å². The van der Waals surface area contributed by atoms with Crippen LogP contribution in [0.4, 0.5) is 0 Å². The molecule has 0 bridgehead atoms. The van der Waals surface area contributed by atoms with Crippen LogP contribution < -0.4 is 10.5 Å². The Morgan fingerprint density at radius 1 is 1.14 bits per heavy atom. The fourth-order valence-electron chi connectivity index (χ4n) is 2.78. The highest BCUT2D eigenvalue weighted by atomic mass is 35.5. The molecule has 116 valence electrons. The molecule has 0 aliphatic rings. The van der Waals surface area contributed by atoms with Gasteiger partial charge in [0.05, 0.1) is 7.11 Å². The van der Waals surface area contributed by atoms with Crippen LogP contribution in [0.25, 0.3) is 10.9 Å². The van der Waals surface area contributed by atoms with E-state index in [4.69, 9.17) is 10.5 Å². The van der Waals surface area contributed by atoms with Crippen molar-refractivity contribution in [2.45, 2.75) is 12.3 Å². The zero-order valence-corrected chi connectivity index (χ0v) is 13.4. The van der Waals surface area contributed by atoms with Crippen molar-refractivity contribution in [3.8, 4) is 5.75 Å². The minimum absolute atomic E-state index is 0. The Morgan fingerprint density at radius 3 is 2.59 bits per heavy atom. The largest absolute Gasteiger partial charge is 0.497 e. The molecule has 0 amide bonds. The number of aromatic amines is 1. The van der Waals surface area contributed by atoms with E-state index in [0.717, 1.165) is 17.7 Å². The fraction of sp³-hybridized carbons (Fsp3) is 0.222. The van der Waals surface area contributed by atoms with Gasteiger partial charge < -0.3 is 15.5 Å². The molecule has 1 heterocycles. The molecule has 0 fully saturated rings. The summed E-state index contributed by atoms with van der Waals surface area (Å²) in [5.41, 5.74) is 9.69. The second-order valence-electron chi connectivity index (χ2n) is 5.27. The Balaban J connectivity index is 0.00000176. The van der Waals surface area contributed by atoms with Gasteiger partial charge in [-0.3, -0.25) is 0 Å². The molecule has 0 saturated carbocycles. The van der Waals surface area contributed by atoms with Gasteiger partial charge in [0.15, 0.2) is 0 Å². The van der Waals surface area contributed by atoms with Crippen molar-refractivity contribution in [3.63, 3.8) is 0 Å². The Bertz CT molecular complexity index is 724. The monoisotopic (exact) mass is 316 g/mol. The smallest absolute Gasteiger partial charge is 0.119 e. The number of ether oxygens (including phenoxy) is 1. The highest BCUT2D eigenvalue weighted by Gasteiger charge is 2.13. The van der Waals surface area contributed by atoms with Crippen LogP contribution in [-0.2, 0) is 6.42 Å². The van der Waals surface area contributed by atoms with Gasteiger partial charge in [-0.1, -0.05) is 30.3 Å². The Hall–Kier alpha value is -1.97. The molecule has 4 heteroatoms. The second-order valence-corrected chi connectivity index (χ2v) is 5.27. The Labute approximate surface area is 136 Å². The zero-order valence-electron chi connectivity index (χ0n) is 12.6. The van der Waals surface area contributed by atoms with Crippen molar-refractivity contribution in [3.05, 3.63) is 65.9 Å². The molecular weight excluding hydrogens is 296 g/mol. The molecule has 1 atom stereocenters. The van der Waals surface area contributed by atoms with E-state index in [1.54, 1.807) is 7.11 Å². The maximum atomic E-state index is 5.99. The summed E-state index contributed by atoms with van der Waals surface area (Å²) in [5.74, 6) is 1.21. The summed E-state index contributed by atoms with van der Waals surface area (Å²) < 4.78 is 5.32. The van der Waals surface area contributed by atoms with Gasteiger partial charge in [0.2, 0.25) is 0 Å². The van der Waals surface area contributed by atoms with E-state index in [2.05, 4.69) is 47.6 Å². The van der Waals surface area contributed by atoms with Gasteiger partial charge in [0.25, 0.3) is 0 Å².